The molecule has 0 bridgehead atoms. The molecular weight excluding hydrogens is 230 g/mol. The maximum absolute atomic E-state index is 11.8. The zero-order chi connectivity index (χ0) is 13.0. The number of guanidine groups is 1. The molecule has 1 amide bonds. The highest BCUT2D eigenvalue weighted by atomic mass is 16.2. The van der Waals surface area contributed by atoms with Gasteiger partial charge in [-0.3, -0.25) is 10.2 Å². The molecule has 102 valence electrons. The number of hydrogen-bond acceptors (Lipinski definition) is 3. The first kappa shape index (κ1) is 13.1. The van der Waals surface area contributed by atoms with E-state index >= 15 is 0 Å². The fourth-order valence-electron chi connectivity index (χ4n) is 2.64. The van der Waals surface area contributed by atoms with Crippen LogP contribution in [-0.2, 0) is 4.79 Å². The normalized spacial score (nSPS) is 26.6. The Morgan fingerprint density at radius 3 is 2.61 bits per heavy atom. The van der Waals surface area contributed by atoms with E-state index in [-0.39, 0.29) is 11.9 Å². The Morgan fingerprint density at radius 1 is 1.33 bits per heavy atom. The lowest BCUT2D eigenvalue weighted by Gasteiger charge is -2.24. The van der Waals surface area contributed by atoms with Crippen LogP contribution in [-0.4, -0.2) is 42.4 Å². The molecule has 1 atom stereocenters. The van der Waals surface area contributed by atoms with Crippen molar-refractivity contribution in [2.24, 2.45) is 10.8 Å². The summed E-state index contributed by atoms with van der Waals surface area (Å²) in [5.41, 5.74) is 2.58. The minimum Gasteiger partial charge on any atom is -0.353 e. The van der Waals surface area contributed by atoms with Crippen molar-refractivity contribution in [3.8, 4) is 0 Å². The number of likely N-dealkylation sites (N-methyl/N-ethyl adjacent to an activating group) is 1. The van der Waals surface area contributed by atoms with Crippen LogP contribution in [0.2, 0.25) is 0 Å². The summed E-state index contributed by atoms with van der Waals surface area (Å²) < 4.78 is 0. The van der Waals surface area contributed by atoms with Crippen molar-refractivity contribution in [3.05, 3.63) is 0 Å². The number of hydrazine groups is 1. The number of nitrogens with two attached hydrogens (primary N) is 1. The van der Waals surface area contributed by atoms with Crippen LogP contribution in [0.15, 0.2) is 4.99 Å². The fourth-order valence-corrected chi connectivity index (χ4v) is 2.64. The minimum absolute atomic E-state index is 0.0770. The molecule has 0 radical (unpaired) electrons. The van der Waals surface area contributed by atoms with E-state index in [1.807, 2.05) is 7.05 Å². The highest BCUT2D eigenvalue weighted by Crippen LogP contribution is 2.17. The van der Waals surface area contributed by atoms with E-state index in [4.69, 9.17) is 5.84 Å². The Bertz CT molecular complexity index is 324. The molecule has 6 nitrogen and oxygen atoms in total. The first-order valence-corrected chi connectivity index (χ1v) is 6.76. The van der Waals surface area contributed by atoms with Gasteiger partial charge in [0, 0.05) is 19.6 Å². The van der Waals surface area contributed by atoms with Gasteiger partial charge in [-0.25, -0.2) is 10.8 Å². The van der Waals surface area contributed by atoms with Crippen molar-refractivity contribution in [2.75, 3.05) is 13.6 Å². The highest BCUT2D eigenvalue weighted by molar-refractivity contribution is 5.88. The maximum Gasteiger partial charge on any atom is 0.247 e. The SMILES string of the molecule is CN1CCC(N=C(NN)NC2CCCCC2)C1=O. The third-order valence-corrected chi connectivity index (χ3v) is 3.77. The number of aliphatic imine (C=N–C) groups is 1. The van der Waals surface area contributed by atoms with Crippen LogP contribution in [0.5, 0.6) is 0 Å². The quantitative estimate of drug-likeness (QED) is 0.279. The number of rotatable bonds is 2. The lowest BCUT2D eigenvalue weighted by Crippen LogP contribution is -2.48. The lowest BCUT2D eigenvalue weighted by atomic mass is 9.96. The van der Waals surface area contributed by atoms with E-state index < -0.39 is 0 Å². The molecule has 0 aromatic heterocycles. The summed E-state index contributed by atoms with van der Waals surface area (Å²) in [5.74, 6) is 6.11. The molecular formula is C12H23N5O. The first-order valence-electron chi connectivity index (χ1n) is 6.76. The van der Waals surface area contributed by atoms with E-state index in [0.717, 1.165) is 25.8 Å². The van der Waals surface area contributed by atoms with Gasteiger partial charge in [0.1, 0.15) is 6.04 Å². The average Bonchev–Trinajstić information content (AvgIpc) is 2.71. The third-order valence-electron chi connectivity index (χ3n) is 3.77. The van der Waals surface area contributed by atoms with Gasteiger partial charge in [-0.2, -0.15) is 0 Å². The highest BCUT2D eigenvalue weighted by Gasteiger charge is 2.29. The minimum atomic E-state index is -0.280. The Kier molecular flexibility index (Phi) is 4.41. The second kappa shape index (κ2) is 6.04. The van der Waals surface area contributed by atoms with Crippen molar-refractivity contribution in [3.63, 3.8) is 0 Å². The van der Waals surface area contributed by atoms with Crippen LogP contribution in [0, 0.1) is 0 Å². The van der Waals surface area contributed by atoms with Crippen molar-refractivity contribution >= 4 is 11.9 Å². The molecule has 18 heavy (non-hydrogen) atoms. The number of hydrogen-bond donors (Lipinski definition) is 3. The number of likely N-dealkylation sites (tertiary alicyclic amines) is 1. The molecule has 4 N–H and O–H groups in total. The van der Waals surface area contributed by atoms with Crippen molar-refractivity contribution in [1.29, 1.82) is 0 Å². The molecule has 1 unspecified atom stereocenters. The van der Waals surface area contributed by atoms with E-state index in [9.17, 15) is 4.79 Å². The zero-order valence-electron chi connectivity index (χ0n) is 11.0. The largest absolute Gasteiger partial charge is 0.353 e. The van der Waals surface area contributed by atoms with Gasteiger partial charge < -0.3 is 10.2 Å². The van der Waals surface area contributed by atoms with Gasteiger partial charge in [0.2, 0.25) is 11.9 Å². The summed E-state index contributed by atoms with van der Waals surface area (Å²) in [6.45, 7) is 0.772. The van der Waals surface area contributed by atoms with Gasteiger partial charge in [0.25, 0.3) is 0 Å². The van der Waals surface area contributed by atoms with Gasteiger partial charge >= 0.3 is 0 Å². The van der Waals surface area contributed by atoms with Crippen molar-refractivity contribution in [2.45, 2.75) is 50.6 Å². The third kappa shape index (κ3) is 3.13. The summed E-state index contributed by atoms with van der Waals surface area (Å²) in [5, 5.41) is 3.31. The van der Waals surface area contributed by atoms with Gasteiger partial charge in [-0.05, 0) is 19.3 Å². The number of amides is 1. The summed E-state index contributed by atoms with van der Waals surface area (Å²) in [4.78, 5) is 17.9. The van der Waals surface area contributed by atoms with E-state index in [2.05, 4.69) is 15.7 Å². The molecule has 0 aromatic rings. The summed E-state index contributed by atoms with van der Waals surface area (Å²) in [6, 6.07) is 0.153. The molecule has 1 aliphatic carbocycles. The van der Waals surface area contributed by atoms with Crippen LogP contribution in [0.4, 0.5) is 0 Å². The Labute approximate surface area is 108 Å². The molecule has 2 aliphatic rings. The number of carbonyl (C=O) groups excluding carboxylic acids is 1. The van der Waals surface area contributed by atoms with Gasteiger partial charge in [-0.15, -0.1) is 0 Å². The molecule has 2 rings (SSSR count). The van der Waals surface area contributed by atoms with Crippen LogP contribution in [0.25, 0.3) is 0 Å². The predicted molar refractivity (Wildman–Crippen MR) is 70.8 cm³/mol. The maximum atomic E-state index is 11.8. The van der Waals surface area contributed by atoms with Crippen molar-refractivity contribution < 1.29 is 4.79 Å². The average molecular weight is 253 g/mol. The summed E-state index contributed by atoms with van der Waals surface area (Å²) in [7, 11) is 1.81. The van der Waals surface area contributed by atoms with Gasteiger partial charge in [-0.1, -0.05) is 19.3 Å². The first-order chi connectivity index (χ1) is 8.70. The molecule has 1 heterocycles. The van der Waals surface area contributed by atoms with Crippen LogP contribution in [0.3, 0.4) is 0 Å². The number of nitrogens with one attached hydrogen (secondary N) is 2. The topological polar surface area (TPSA) is 82.8 Å². The molecule has 6 heteroatoms. The van der Waals surface area contributed by atoms with E-state index in [0.29, 0.717) is 12.0 Å². The second-order valence-electron chi connectivity index (χ2n) is 5.17. The van der Waals surface area contributed by atoms with Crippen LogP contribution >= 0.6 is 0 Å². The number of carbonyl (C=O) groups is 1. The molecule has 0 aromatic carbocycles. The Balaban J connectivity index is 1.92. The zero-order valence-corrected chi connectivity index (χ0v) is 11.0. The Hall–Kier alpha value is -1.30. The van der Waals surface area contributed by atoms with Crippen LogP contribution in [0.1, 0.15) is 38.5 Å². The van der Waals surface area contributed by atoms with Crippen molar-refractivity contribution in [1.82, 2.24) is 15.6 Å². The monoisotopic (exact) mass is 253 g/mol. The molecule has 1 saturated heterocycles. The number of nitrogens with zero attached hydrogens (tertiary/aromatic N) is 2. The standard InChI is InChI=1S/C12H23N5O/c1-17-8-7-10(11(17)18)15-12(16-13)14-9-5-3-2-4-6-9/h9-10H,2-8,13H2,1H3,(H2,14,15,16). The summed E-state index contributed by atoms with van der Waals surface area (Å²) in [6.07, 6.45) is 6.89. The van der Waals surface area contributed by atoms with Crippen LogP contribution < -0.4 is 16.6 Å². The van der Waals surface area contributed by atoms with Gasteiger partial charge in [0.05, 0.1) is 0 Å². The van der Waals surface area contributed by atoms with E-state index in [1.165, 1.54) is 19.3 Å². The van der Waals surface area contributed by atoms with Gasteiger partial charge in [0.15, 0.2) is 0 Å². The molecule has 1 aliphatic heterocycles. The summed E-state index contributed by atoms with van der Waals surface area (Å²) >= 11 is 0. The van der Waals surface area contributed by atoms with E-state index in [1.54, 1.807) is 4.90 Å². The molecule has 0 spiro atoms. The Morgan fingerprint density at radius 2 is 2.06 bits per heavy atom. The fraction of sp³-hybridized carbons (Fsp3) is 0.833. The molecule has 2 fully saturated rings. The lowest BCUT2D eigenvalue weighted by molar-refractivity contribution is -0.127. The second-order valence-corrected chi connectivity index (χ2v) is 5.17. The smallest absolute Gasteiger partial charge is 0.247 e. The molecule has 1 saturated carbocycles. The predicted octanol–water partition coefficient (Wildman–Crippen LogP) is -0.0413.